The molecular formula is C21H30ClN7O. The molecule has 1 aromatic carbocycles. The van der Waals surface area contributed by atoms with Gasteiger partial charge >= 0.3 is 0 Å². The van der Waals surface area contributed by atoms with Gasteiger partial charge in [-0.05, 0) is 43.9 Å². The van der Waals surface area contributed by atoms with Crippen molar-refractivity contribution in [3.63, 3.8) is 0 Å². The van der Waals surface area contributed by atoms with E-state index in [-0.39, 0.29) is 11.9 Å². The number of hydrogen-bond donors (Lipinski definition) is 2. The molecular weight excluding hydrogens is 402 g/mol. The summed E-state index contributed by atoms with van der Waals surface area (Å²) < 4.78 is 0. The second kappa shape index (κ2) is 8.81. The van der Waals surface area contributed by atoms with Gasteiger partial charge < -0.3 is 15.5 Å². The van der Waals surface area contributed by atoms with Gasteiger partial charge in [-0.25, -0.2) is 5.10 Å². The topological polar surface area (TPSA) is 94.4 Å². The van der Waals surface area contributed by atoms with Crippen molar-refractivity contribution in [1.82, 2.24) is 25.0 Å². The molecule has 1 aromatic heterocycles. The maximum Gasteiger partial charge on any atom is 0.246 e. The van der Waals surface area contributed by atoms with Crippen molar-refractivity contribution in [3.05, 3.63) is 34.9 Å². The molecule has 2 atom stereocenters. The van der Waals surface area contributed by atoms with Gasteiger partial charge in [0.15, 0.2) is 0 Å². The van der Waals surface area contributed by atoms with Crippen LogP contribution in [0.3, 0.4) is 0 Å². The molecule has 2 fully saturated rings. The Morgan fingerprint density at radius 1 is 1.23 bits per heavy atom. The number of rotatable bonds is 4. The van der Waals surface area contributed by atoms with Crippen molar-refractivity contribution in [2.24, 2.45) is 0 Å². The molecule has 8 nitrogen and oxygen atoms in total. The Kier molecular flexibility index (Phi) is 6.15. The molecule has 2 aromatic rings. The first-order chi connectivity index (χ1) is 14.4. The van der Waals surface area contributed by atoms with Crippen LogP contribution in [0.4, 0.5) is 11.9 Å². The van der Waals surface area contributed by atoms with Crippen molar-refractivity contribution in [2.75, 3.05) is 36.8 Å². The number of H-pyrrole nitrogens is 1. The SMILES string of the molecule is CC(=O)N1C[C@H](Cc2ccc(Cl)cc2)N(C2CCN(c3n[nH]c(N)n3)CC2)CC1C. The van der Waals surface area contributed by atoms with Crippen LogP contribution in [-0.2, 0) is 11.2 Å². The molecule has 0 radical (unpaired) electrons. The number of carbonyl (C=O) groups excluding carboxylic acids is 1. The number of nitrogens with one attached hydrogen (secondary N) is 1. The van der Waals surface area contributed by atoms with E-state index in [9.17, 15) is 4.79 Å². The number of hydrogen-bond acceptors (Lipinski definition) is 6. The number of anilines is 2. The highest BCUT2D eigenvalue weighted by Crippen LogP contribution is 2.27. The van der Waals surface area contributed by atoms with Gasteiger partial charge in [0.1, 0.15) is 0 Å². The Bertz CT molecular complexity index is 862. The molecule has 3 N–H and O–H groups in total. The number of benzene rings is 1. The highest BCUT2D eigenvalue weighted by atomic mass is 35.5. The smallest absolute Gasteiger partial charge is 0.246 e. The minimum atomic E-state index is 0.153. The molecule has 1 unspecified atom stereocenters. The maximum absolute atomic E-state index is 12.2. The number of nitrogens with zero attached hydrogens (tertiary/aromatic N) is 5. The third kappa shape index (κ3) is 4.54. The zero-order valence-electron chi connectivity index (χ0n) is 17.6. The largest absolute Gasteiger partial charge is 0.368 e. The van der Waals surface area contributed by atoms with Gasteiger partial charge in [0.05, 0.1) is 0 Å². The Labute approximate surface area is 182 Å². The number of aromatic nitrogens is 3. The average Bonchev–Trinajstić information content (AvgIpc) is 3.17. The minimum Gasteiger partial charge on any atom is -0.368 e. The quantitative estimate of drug-likeness (QED) is 0.770. The lowest BCUT2D eigenvalue weighted by atomic mass is 9.94. The number of piperidine rings is 1. The highest BCUT2D eigenvalue weighted by Gasteiger charge is 2.38. The van der Waals surface area contributed by atoms with Crippen molar-refractivity contribution in [2.45, 2.75) is 51.2 Å². The Balaban J connectivity index is 1.47. The summed E-state index contributed by atoms with van der Waals surface area (Å²) in [7, 11) is 0. The molecule has 2 aliphatic rings. The maximum atomic E-state index is 12.2. The van der Waals surface area contributed by atoms with Gasteiger partial charge in [0, 0.05) is 56.3 Å². The average molecular weight is 432 g/mol. The zero-order valence-corrected chi connectivity index (χ0v) is 18.3. The van der Waals surface area contributed by atoms with E-state index in [1.165, 1.54) is 5.56 Å². The summed E-state index contributed by atoms with van der Waals surface area (Å²) in [5.74, 6) is 1.18. The van der Waals surface area contributed by atoms with Gasteiger partial charge in [0.25, 0.3) is 0 Å². The Morgan fingerprint density at radius 3 is 2.53 bits per heavy atom. The lowest BCUT2D eigenvalue weighted by molar-refractivity contribution is -0.136. The lowest BCUT2D eigenvalue weighted by Gasteiger charge is -2.50. The van der Waals surface area contributed by atoms with Crippen molar-refractivity contribution < 1.29 is 4.79 Å². The number of aromatic amines is 1. The van der Waals surface area contributed by atoms with Crippen molar-refractivity contribution in [3.8, 4) is 0 Å². The number of piperazine rings is 1. The molecule has 2 aliphatic heterocycles. The second-order valence-electron chi connectivity index (χ2n) is 8.44. The van der Waals surface area contributed by atoms with Crippen LogP contribution in [0.5, 0.6) is 0 Å². The van der Waals surface area contributed by atoms with E-state index >= 15 is 0 Å². The molecule has 9 heteroatoms. The molecule has 162 valence electrons. The first-order valence-corrected chi connectivity index (χ1v) is 11.0. The fourth-order valence-corrected chi connectivity index (χ4v) is 4.96. The van der Waals surface area contributed by atoms with Crippen molar-refractivity contribution in [1.29, 1.82) is 0 Å². The summed E-state index contributed by atoms with van der Waals surface area (Å²) in [6.45, 7) is 7.28. The van der Waals surface area contributed by atoms with Crippen LogP contribution >= 0.6 is 11.6 Å². The zero-order chi connectivity index (χ0) is 21.3. The third-order valence-electron chi connectivity index (χ3n) is 6.38. The predicted molar refractivity (Wildman–Crippen MR) is 119 cm³/mol. The van der Waals surface area contributed by atoms with Gasteiger partial charge in [-0.3, -0.25) is 9.69 Å². The monoisotopic (exact) mass is 431 g/mol. The summed E-state index contributed by atoms with van der Waals surface area (Å²) >= 11 is 6.07. The number of nitrogens with two attached hydrogens (primary N) is 1. The minimum absolute atomic E-state index is 0.153. The van der Waals surface area contributed by atoms with Gasteiger partial charge in [0.2, 0.25) is 17.8 Å². The summed E-state index contributed by atoms with van der Waals surface area (Å²) in [5.41, 5.74) is 6.93. The summed E-state index contributed by atoms with van der Waals surface area (Å²) in [6, 6.07) is 9.05. The lowest BCUT2D eigenvalue weighted by Crippen LogP contribution is -2.62. The number of carbonyl (C=O) groups is 1. The predicted octanol–water partition coefficient (Wildman–Crippen LogP) is 2.17. The van der Waals surface area contributed by atoms with Gasteiger partial charge in [-0.2, -0.15) is 4.98 Å². The van der Waals surface area contributed by atoms with Crippen LogP contribution in [0.2, 0.25) is 5.02 Å². The molecule has 0 bridgehead atoms. The molecule has 30 heavy (non-hydrogen) atoms. The molecule has 1 amide bonds. The molecule has 2 saturated heterocycles. The fraction of sp³-hybridized carbons (Fsp3) is 0.571. The van der Waals surface area contributed by atoms with E-state index < -0.39 is 0 Å². The first-order valence-electron chi connectivity index (χ1n) is 10.6. The van der Waals surface area contributed by atoms with E-state index in [2.05, 4.69) is 44.0 Å². The second-order valence-corrected chi connectivity index (χ2v) is 8.88. The van der Waals surface area contributed by atoms with E-state index in [1.54, 1.807) is 6.92 Å². The number of halogens is 1. The van der Waals surface area contributed by atoms with Crippen LogP contribution in [0, 0.1) is 0 Å². The molecule has 0 aliphatic carbocycles. The molecule has 3 heterocycles. The number of amides is 1. The standard InChI is InChI=1S/C21H30ClN7O/c1-14-12-29(18-7-9-27(10-8-18)21-24-20(23)25-26-21)19(13-28(14)15(2)30)11-16-3-5-17(22)6-4-16/h3-6,14,18-19H,7-13H2,1-2H3,(H3,23,24,25,26)/t14?,19-/m0/s1. The van der Waals surface area contributed by atoms with Gasteiger partial charge in [-0.15, -0.1) is 5.10 Å². The summed E-state index contributed by atoms with van der Waals surface area (Å²) in [5, 5.41) is 7.66. The Morgan fingerprint density at radius 2 is 1.93 bits per heavy atom. The van der Waals surface area contributed by atoms with Crippen molar-refractivity contribution >= 4 is 29.4 Å². The summed E-state index contributed by atoms with van der Waals surface area (Å²) in [6.07, 6.45) is 2.99. The van der Waals surface area contributed by atoms with Crippen LogP contribution in [0.15, 0.2) is 24.3 Å². The van der Waals surface area contributed by atoms with E-state index in [0.717, 1.165) is 50.5 Å². The molecule has 0 saturated carbocycles. The Hall–Kier alpha value is -2.32. The number of nitrogen functional groups attached to an aromatic ring is 1. The normalized spacial score (nSPS) is 23.7. The van der Waals surface area contributed by atoms with E-state index in [1.807, 2.05) is 17.0 Å². The van der Waals surface area contributed by atoms with E-state index in [0.29, 0.717) is 24.0 Å². The van der Waals surface area contributed by atoms with E-state index in [4.69, 9.17) is 17.3 Å². The van der Waals surface area contributed by atoms with Crippen LogP contribution in [0.25, 0.3) is 0 Å². The molecule has 0 spiro atoms. The van der Waals surface area contributed by atoms with Crippen LogP contribution in [-0.4, -0.2) is 75.2 Å². The van der Waals surface area contributed by atoms with Crippen LogP contribution in [0.1, 0.15) is 32.3 Å². The van der Waals surface area contributed by atoms with Crippen LogP contribution < -0.4 is 10.6 Å². The highest BCUT2D eigenvalue weighted by molar-refractivity contribution is 6.30. The van der Waals surface area contributed by atoms with Gasteiger partial charge in [-0.1, -0.05) is 23.7 Å². The summed E-state index contributed by atoms with van der Waals surface area (Å²) in [4.78, 5) is 23.3. The third-order valence-corrected chi connectivity index (χ3v) is 6.63. The first kappa shape index (κ1) is 20.9. The fourth-order valence-electron chi connectivity index (χ4n) is 4.83. The molecule has 4 rings (SSSR count).